The number of carbonyl (C=O) groups excluding carboxylic acids is 2. The van der Waals surface area contributed by atoms with Crippen molar-refractivity contribution in [2.75, 3.05) is 12.3 Å². The molecule has 1 rings (SSSR count). The summed E-state index contributed by atoms with van der Waals surface area (Å²) in [6.07, 6.45) is 1.81. The first-order valence-electron chi connectivity index (χ1n) is 4.59. The standard InChI is InChI=1S/C9H15NO2S/c1-7-5-8(11)10(3-2-4-13)9(12)6-7/h7,13H,2-6H2,1H3. The Morgan fingerprint density at radius 1 is 1.38 bits per heavy atom. The Balaban J connectivity index is 2.52. The minimum absolute atomic E-state index is 0.0227. The van der Waals surface area contributed by atoms with Crippen molar-refractivity contribution >= 4 is 24.4 Å². The molecular formula is C9H15NO2S. The molecule has 74 valence electrons. The van der Waals surface area contributed by atoms with E-state index < -0.39 is 0 Å². The maximum absolute atomic E-state index is 11.4. The summed E-state index contributed by atoms with van der Waals surface area (Å²) in [5.41, 5.74) is 0. The highest BCUT2D eigenvalue weighted by Gasteiger charge is 2.29. The molecule has 0 aromatic carbocycles. The number of rotatable bonds is 3. The molecule has 1 heterocycles. The van der Waals surface area contributed by atoms with Gasteiger partial charge >= 0.3 is 0 Å². The molecule has 0 aromatic rings. The van der Waals surface area contributed by atoms with Gasteiger partial charge in [-0.05, 0) is 18.1 Å². The number of hydrogen-bond donors (Lipinski definition) is 1. The molecule has 0 aliphatic carbocycles. The van der Waals surface area contributed by atoms with Crippen molar-refractivity contribution in [3.05, 3.63) is 0 Å². The fraction of sp³-hybridized carbons (Fsp3) is 0.778. The average molecular weight is 201 g/mol. The van der Waals surface area contributed by atoms with E-state index in [0.29, 0.717) is 25.1 Å². The first-order valence-corrected chi connectivity index (χ1v) is 5.22. The number of imide groups is 1. The van der Waals surface area contributed by atoms with Crippen LogP contribution in [0.1, 0.15) is 26.2 Å². The van der Waals surface area contributed by atoms with Gasteiger partial charge in [0.2, 0.25) is 11.8 Å². The van der Waals surface area contributed by atoms with Crippen LogP contribution in [0.15, 0.2) is 0 Å². The zero-order chi connectivity index (χ0) is 9.84. The van der Waals surface area contributed by atoms with E-state index in [0.717, 1.165) is 6.42 Å². The maximum atomic E-state index is 11.4. The van der Waals surface area contributed by atoms with Gasteiger partial charge in [-0.15, -0.1) is 0 Å². The predicted octanol–water partition coefficient (Wildman–Crippen LogP) is 1.09. The van der Waals surface area contributed by atoms with Crippen LogP contribution in [0.4, 0.5) is 0 Å². The summed E-state index contributed by atoms with van der Waals surface area (Å²) in [6, 6.07) is 0. The number of nitrogens with zero attached hydrogens (tertiary/aromatic N) is 1. The normalized spacial score (nSPS) is 19.7. The monoisotopic (exact) mass is 201 g/mol. The van der Waals surface area contributed by atoms with Crippen LogP contribution in [-0.2, 0) is 9.59 Å². The minimum atomic E-state index is -0.0227. The SMILES string of the molecule is CC1CC(=O)N(CCCS)C(=O)C1. The van der Waals surface area contributed by atoms with Crippen molar-refractivity contribution in [3.8, 4) is 0 Å². The van der Waals surface area contributed by atoms with Crippen LogP contribution in [0.25, 0.3) is 0 Å². The van der Waals surface area contributed by atoms with Gasteiger partial charge in [0.25, 0.3) is 0 Å². The number of amides is 2. The van der Waals surface area contributed by atoms with Crippen molar-refractivity contribution in [1.82, 2.24) is 4.90 Å². The van der Waals surface area contributed by atoms with E-state index in [2.05, 4.69) is 12.6 Å². The summed E-state index contributed by atoms with van der Waals surface area (Å²) >= 11 is 4.05. The van der Waals surface area contributed by atoms with Crippen molar-refractivity contribution in [1.29, 1.82) is 0 Å². The van der Waals surface area contributed by atoms with E-state index in [1.165, 1.54) is 4.90 Å². The molecule has 3 nitrogen and oxygen atoms in total. The molecule has 0 unspecified atom stereocenters. The summed E-state index contributed by atoms with van der Waals surface area (Å²) in [4.78, 5) is 24.2. The largest absolute Gasteiger partial charge is 0.283 e. The lowest BCUT2D eigenvalue weighted by Gasteiger charge is -2.27. The molecule has 1 fully saturated rings. The van der Waals surface area contributed by atoms with Crippen molar-refractivity contribution < 1.29 is 9.59 Å². The van der Waals surface area contributed by atoms with Crippen LogP contribution >= 0.6 is 12.6 Å². The molecule has 0 saturated carbocycles. The van der Waals surface area contributed by atoms with Gasteiger partial charge in [-0.3, -0.25) is 14.5 Å². The van der Waals surface area contributed by atoms with E-state index in [9.17, 15) is 9.59 Å². The average Bonchev–Trinajstić information content (AvgIpc) is 2.02. The van der Waals surface area contributed by atoms with Crippen LogP contribution in [0.2, 0.25) is 0 Å². The van der Waals surface area contributed by atoms with Crippen molar-refractivity contribution in [2.45, 2.75) is 26.2 Å². The molecule has 1 aliphatic rings. The Morgan fingerprint density at radius 2 is 1.92 bits per heavy atom. The highest BCUT2D eigenvalue weighted by atomic mass is 32.1. The summed E-state index contributed by atoms with van der Waals surface area (Å²) in [5.74, 6) is 0.885. The number of thiol groups is 1. The molecule has 0 spiro atoms. The third kappa shape index (κ3) is 2.72. The molecule has 0 aromatic heterocycles. The lowest BCUT2D eigenvalue weighted by Crippen LogP contribution is -2.43. The quantitative estimate of drug-likeness (QED) is 0.548. The van der Waals surface area contributed by atoms with E-state index in [4.69, 9.17) is 0 Å². The van der Waals surface area contributed by atoms with Crippen LogP contribution in [0.5, 0.6) is 0 Å². The Bertz CT molecular complexity index is 200. The Morgan fingerprint density at radius 3 is 2.38 bits per heavy atom. The summed E-state index contributed by atoms with van der Waals surface area (Å²) in [7, 11) is 0. The molecule has 1 saturated heterocycles. The van der Waals surface area contributed by atoms with E-state index in [1.54, 1.807) is 0 Å². The highest BCUT2D eigenvalue weighted by molar-refractivity contribution is 7.80. The smallest absolute Gasteiger partial charge is 0.229 e. The second-order valence-electron chi connectivity index (χ2n) is 3.53. The van der Waals surface area contributed by atoms with Crippen molar-refractivity contribution in [3.63, 3.8) is 0 Å². The van der Waals surface area contributed by atoms with Gasteiger partial charge in [0.05, 0.1) is 0 Å². The van der Waals surface area contributed by atoms with Gasteiger partial charge in [-0.2, -0.15) is 12.6 Å². The van der Waals surface area contributed by atoms with Gasteiger partial charge in [0.1, 0.15) is 0 Å². The van der Waals surface area contributed by atoms with Crippen molar-refractivity contribution in [2.24, 2.45) is 5.92 Å². The topological polar surface area (TPSA) is 37.4 Å². The van der Waals surface area contributed by atoms with Gasteiger partial charge in [0, 0.05) is 19.4 Å². The zero-order valence-corrected chi connectivity index (χ0v) is 8.72. The fourth-order valence-corrected chi connectivity index (χ4v) is 1.65. The maximum Gasteiger partial charge on any atom is 0.229 e. The number of carbonyl (C=O) groups is 2. The molecule has 0 atom stereocenters. The van der Waals surface area contributed by atoms with Crippen LogP contribution in [0, 0.1) is 5.92 Å². The first-order chi connectivity index (χ1) is 6.15. The summed E-state index contributed by atoms with van der Waals surface area (Å²) in [5, 5.41) is 0. The second-order valence-corrected chi connectivity index (χ2v) is 3.98. The molecule has 1 aliphatic heterocycles. The van der Waals surface area contributed by atoms with Gasteiger partial charge in [-0.1, -0.05) is 6.92 Å². The van der Waals surface area contributed by atoms with Crippen LogP contribution < -0.4 is 0 Å². The van der Waals surface area contributed by atoms with Gasteiger partial charge < -0.3 is 0 Å². The minimum Gasteiger partial charge on any atom is -0.283 e. The van der Waals surface area contributed by atoms with Crippen LogP contribution in [-0.4, -0.2) is 29.0 Å². The third-order valence-corrected chi connectivity index (χ3v) is 2.50. The molecule has 13 heavy (non-hydrogen) atoms. The Labute approximate surface area is 83.9 Å². The molecule has 0 bridgehead atoms. The first kappa shape index (κ1) is 10.6. The molecule has 0 N–H and O–H groups in total. The van der Waals surface area contributed by atoms with Gasteiger partial charge in [0.15, 0.2) is 0 Å². The Hall–Kier alpha value is -0.510. The molecular weight excluding hydrogens is 186 g/mol. The second kappa shape index (κ2) is 4.65. The summed E-state index contributed by atoms with van der Waals surface area (Å²) in [6.45, 7) is 2.47. The Kier molecular flexibility index (Phi) is 3.78. The number of piperidine rings is 1. The fourth-order valence-electron chi connectivity index (χ4n) is 1.51. The van der Waals surface area contributed by atoms with Crippen LogP contribution in [0.3, 0.4) is 0 Å². The molecule has 2 amide bonds. The zero-order valence-electron chi connectivity index (χ0n) is 7.82. The third-order valence-electron chi connectivity index (χ3n) is 2.19. The summed E-state index contributed by atoms with van der Waals surface area (Å²) < 4.78 is 0. The highest BCUT2D eigenvalue weighted by Crippen LogP contribution is 2.18. The lowest BCUT2D eigenvalue weighted by molar-refractivity contribution is -0.149. The van der Waals surface area contributed by atoms with Gasteiger partial charge in [-0.25, -0.2) is 0 Å². The van der Waals surface area contributed by atoms with E-state index in [1.807, 2.05) is 6.92 Å². The number of likely N-dealkylation sites (tertiary alicyclic amines) is 1. The molecule has 0 radical (unpaired) electrons. The molecule has 4 heteroatoms. The predicted molar refractivity (Wildman–Crippen MR) is 53.6 cm³/mol. The lowest BCUT2D eigenvalue weighted by atomic mass is 9.98. The van der Waals surface area contributed by atoms with E-state index >= 15 is 0 Å². The number of hydrogen-bond acceptors (Lipinski definition) is 3. The van der Waals surface area contributed by atoms with E-state index in [-0.39, 0.29) is 17.7 Å².